The summed E-state index contributed by atoms with van der Waals surface area (Å²) in [6, 6.07) is 7.52. The molecule has 2 heterocycles. The first-order chi connectivity index (χ1) is 19.2. The van der Waals surface area contributed by atoms with Gasteiger partial charge in [0.1, 0.15) is 36.9 Å². The van der Waals surface area contributed by atoms with Crippen LogP contribution in [-0.4, -0.2) is 62.8 Å². The number of methoxy groups -OCH3 is 1. The van der Waals surface area contributed by atoms with Gasteiger partial charge in [-0.3, -0.25) is 9.59 Å². The second-order valence-electron chi connectivity index (χ2n) is 8.01. The van der Waals surface area contributed by atoms with E-state index in [1.807, 2.05) is 0 Å². The first-order valence-electron chi connectivity index (χ1n) is 11.6. The van der Waals surface area contributed by atoms with Crippen LogP contribution in [0.2, 0.25) is 5.02 Å². The Morgan fingerprint density at radius 1 is 1.25 bits per heavy atom. The molecular formula is C24H22ClFN6O5S3. The summed E-state index contributed by atoms with van der Waals surface area (Å²) in [5.41, 5.74) is 1.38. The second kappa shape index (κ2) is 13.8. The van der Waals surface area contributed by atoms with E-state index in [2.05, 4.69) is 25.7 Å². The molecule has 210 valence electrons. The van der Waals surface area contributed by atoms with Gasteiger partial charge >= 0.3 is 5.97 Å². The Balaban J connectivity index is 1.59. The molecule has 0 saturated carbocycles. The molecule has 11 nitrogen and oxygen atoms in total. The number of amides is 1. The molecule has 0 aliphatic carbocycles. The van der Waals surface area contributed by atoms with E-state index in [0.29, 0.717) is 54.5 Å². The highest BCUT2D eigenvalue weighted by atomic mass is 35.5. The van der Waals surface area contributed by atoms with Crippen molar-refractivity contribution in [2.75, 3.05) is 36.7 Å². The molecule has 16 heteroatoms. The molecule has 4 aromatic rings. The maximum atomic E-state index is 13.6. The van der Waals surface area contributed by atoms with Gasteiger partial charge in [0.2, 0.25) is 5.91 Å². The number of aromatic nitrogens is 4. The number of carbonyl (C=O) groups excluding carboxylic acids is 1. The third-order valence-electron chi connectivity index (χ3n) is 5.16. The molecule has 0 atom stereocenters. The molecular weight excluding hydrogens is 603 g/mol. The van der Waals surface area contributed by atoms with E-state index in [1.165, 1.54) is 52.3 Å². The largest absolute Gasteiger partial charge is 0.489 e. The van der Waals surface area contributed by atoms with E-state index >= 15 is 0 Å². The SMILES string of the molecule is COCCOc1cc2ncnc(Nc3ccc(F)c(Cl)c3)c2cc1NC(=O)Cn1nc(SCCC(=O)O)sc1=S. The Labute approximate surface area is 245 Å². The highest BCUT2D eigenvalue weighted by Gasteiger charge is 2.16. The second-order valence-corrected chi connectivity index (χ2v) is 11.4. The first kappa shape index (κ1) is 29.6. The predicted molar refractivity (Wildman–Crippen MR) is 154 cm³/mol. The van der Waals surface area contributed by atoms with Gasteiger partial charge in [-0.2, -0.15) is 5.10 Å². The lowest BCUT2D eigenvalue weighted by molar-refractivity contribution is -0.136. The molecule has 2 aromatic carbocycles. The normalized spacial score (nSPS) is 11.0. The third kappa shape index (κ3) is 7.85. The number of nitrogens with zero attached hydrogens (tertiary/aromatic N) is 4. The molecule has 40 heavy (non-hydrogen) atoms. The van der Waals surface area contributed by atoms with E-state index in [0.717, 1.165) is 0 Å². The van der Waals surface area contributed by atoms with Gasteiger partial charge in [0.15, 0.2) is 8.29 Å². The number of aliphatic carboxylic acids is 1. The van der Waals surface area contributed by atoms with Crippen molar-refractivity contribution in [1.29, 1.82) is 0 Å². The predicted octanol–water partition coefficient (Wildman–Crippen LogP) is 5.38. The summed E-state index contributed by atoms with van der Waals surface area (Å²) >= 11 is 13.7. The summed E-state index contributed by atoms with van der Waals surface area (Å²) in [6.07, 6.45) is 1.35. The number of fused-ring (bicyclic) bond motifs is 1. The van der Waals surface area contributed by atoms with Crippen molar-refractivity contribution in [1.82, 2.24) is 19.7 Å². The number of carboxylic acid groups (broad SMARTS) is 1. The molecule has 0 aliphatic rings. The van der Waals surface area contributed by atoms with Crippen molar-refractivity contribution in [3.05, 3.63) is 51.5 Å². The number of ether oxygens (including phenoxy) is 2. The quantitative estimate of drug-likeness (QED) is 0.100. The highest BCUT2D eigenvalue weighted by Crippen LogP contribution is 2.34. The van der Waals surface area contributed by atoms with Gasteiger partial charge in [0.25, 0.3) is 0 Å². The Bertz CT molecular complexity index is 1600. The standard InChI is InChI=1S/C24H22ClFN6O5S3/c1-36-5-6-37-19-10-17-14(22(28-12-27-17)29-13-2-3-16(26)15(25)8-13)9-18(19)30-20(33)11-32-24(38)40-23(31-32)39-7-4-21(34)35/h2-3,8-10,12H,4-7,11H2,1H3,(H,30,33)(H,34,35)(H,27,28,29). The van der Waals surface area contributed by atoms with Crippen molar-refractivity contribution in [3.8, 4) is 5.75 Å². The average molecular weight is 625 g/mol. The zero-order chi connectivity index (χ0) is 28.6. The number of carbonyl (C=O) groups is 2. The van der Waals surface area contributed by atoms with Gasteiger partial charge in [-0.1, -0.05) is 34.7 Å². The topological polar surface area (TPSA) is 140 Å². The minimum atomic E-state index is -0.904. The minimum absolute atomic E-state index is 0.0138. The number of rotatable bonds is 13. The molecule has 4 rings (SSSR count). The molecule has 0 radical (unpaired) electrons. The van der Waals surface area contributed by atoms with Crippen LogP contribution in [0, 0.1) is 9.77 Å². The summed E-state index contributed by atoms with van der Waals surface area (Å²) in [5, 5.41) is 19.6. The number of hydrogen-bond donors (Lipinski definition) is 3. The summed E-state index contributed by atoms with van der Waals surface area (Å²) in [7, 11) is 1.55. The van der Waals surface area contributed by atoms with E-state index in [4.69, 9.17) is 38.4 Å². The van der Waals surface area contributed by atoms with Crippen LogP contribution in [0.4, 0.5) is 21.6 Å². The molecule has 0 bridgehead atoms. The van der Waals surface area contributed by atoms with Gasteiger partial charge in [0, 0.05) is 30.0 Å². The zero-order valence-corrected chi connectivity index (χ0v) is 24.1. The Kier molecular flexibility index (Phi) is 10.2. The maximum absolute atomic E-state index is 13.6. The smallest absolute Gasteiger partial charge is 0.304 e. The van der Waals surface area contributed by atoms with Crippen LogP contribution in [0.15, 0.2) is 41.0 Å². The van der Waals surface area contributed by atoms with Crippen LogP contribution in [0.25, 0.3) is 10.9 Å². The highest BCUT2D eigenvalue weighted by molar-refractivity contribution is 8.01. The lowest BCUT2D eigenvalue weighted by atomic mass is 10.1. The maximum Gasteiger partial charge on any atom is 0.304 e. The number of anilines is 3. The van der Waals surface area contributed by atoms with Crippen molar-refractivity contribution in [2.24, 2.45) is 0 Å². The molecule has 1 amide bonds. The Hall–Kier alpha value is -3.37. The van der Waals surface area contributed by atoms with E-state index in [1.54, 1.807) is 19.2 Å². The van der Waals surface area contributed by atoms with Crippen molar-refractivity contribution in [3.63, 3.8) is 0 Å². The summed E-state index contributed by atoms with van der Waals surface area (Å²) < 4.78 is 26.9. The lowest BCUT2D eigenvalue weighted by Gasteiger charge is -2.15. The van der Waals surface area contributed by atoms with Crippen molar-refractivity contribution < 1.29 is 28.6 Å². The van der Waals surface area contributed by atoms with Crippen LogP contribution < -0.4 is 15.4 Å². The van der Waals surface area contributed by atoms with E-state index in [-0.39, 0.29) is 24.6 Å². The number of halogens is 2. The first-order valence-corrected chi connectivity index (χ1v) is 14.2. The van der Waals surface area contributed by atoms with E-state index in [9.17, 15) is 14.0 Å². The van der Waals surface area contributed by atoms with Crippen LogP contribution in [0.1, 0.15) is 6.42 Å². The molecule has 0 saturated heterocycles. The van der Waals surface area contributed by atoms with Crippen molar-refractivity contribution in [2.45, 2.75) is 17.3 Å². The molecule has 3 N–H and O–H groups in total. The molecule has 0 fully saturated rings. The summed E-state index contributed by atoms with van der Waals surface area (Å²) in [6.45, 7) is 0.377. The molecule has 0 aliphatic heterocycles. The van der Waals surface area contributed by atoms with Gasteiger partial charge in [-0.15, -0.1) is 0 Å². The fourth-order valence-corrected chi connectivity index (χ4v) is 5.85. The number of carboxylic acids is 1. The van der Waals surface area contributed by atoms with E-state index < -0.39 is 17.7 Å². The number of benzene rings is 2. The fraction of sp³-hybridized carbons (Fsp3) is 0.250. The third-order valence-corrected chi connectivity index (χ3v) is 7.89. The van der Waals surface area contributed by atoms with Gasteiger partial charge in [0.05, 0.1) is 29.3 Å². The molecule has 0 unspecified atom stereocenters. The Morgan fingerprint density at radius 2 is 2.08 bits per heavy atom. The van der Waals surface area contributed by atoms with Gasteiger partial charge in [-0.25, -0.2) is 19.0 Å². The van der Waals surface area contributed by atoms with Crippen LogP contribution in [0.3, 0.4) is 0 Å². The monoisotopic (exact) mass is 624 g/mol. The Morgan fingerprint density at radius 3 is 2.83 bits per heavy atom. The number of nitrogens with one attached hydrogen (secondary N) is 2. The summed E-state index contributed by atoms with van der Waals surface area (Å²) in [5.74, 6) is -0.773. The van der Waals surface area contributed by atoms with Crippen LogP contribution in [-0.2, 0) is 20.9 Å². The van der Waals surface area contributed by atoms with Gasteiger partial charge < -0.3 is 25.2 Å². The average Bonchev–Trinajstić information content (AvgIpc) is 3.25. The summed E-state index contributed by atoms with van der Waals surface area (Å²) in [4.78, 5) is 32.4. The fourth-order valence-electron chi connectivity index (χ4n) is 3.34. The van der Waals surface area contributed by atoms with Crippen LogP contribution >= 0.6 is 46.9 Å². The zero-order valence-electron chi connectivity index (χ0n) is 20.8. The molecule has 2 aromatic heterocycles. The van der Waals surface area contributed by atoms with Crippen molar-refractivity contribution >= 4 is 86.9 Å². The molecule has 0 spiro atoms. The minimum Gasteiger partial charge on any atom is -0.489 e. The number of hydrogen-bond acceptors (Lipinski definition) is 11. The number of thioether (sulfide) groups is 1. The lowest BCUT2D eigenvalue weighted by Crippen LogP contribution is -2.20. The van der Waals surface area contributed by atoms with Gasteiger partial charge in [-0.05, 0) is 36.5 Å². The van der Waals surface area contributed by atoms with Crippen LogP contribution in [0.5, 0.6) is 5.75 Å².